The van der Waals surface area contributed by atoms with E-state index < -0.39 is 0 Å². The molecule has 0 aliphatic carbocycles. The fourth-order valence-electron chi connectivity index (χ4n) is 2.16. The van der Waals surface area contributed by atoms with Gasteiger partial charge in [-0.3, -0.25) is 5.10 Å². The zero-order valence-corrected chi connectivity index (χ0v) is 10.6. The van der Waals surface area contributed by atoms with Crippen molar-refractivity contribution in [3.8, 4) is 0 Å². The van der Waals surface area contributed by atoms with Crippen LogP contribution in [0.4, 0.5) is 0 Å². The molecule has 1 atom stereocenters. The minimum atomic E-state index is 0.180. The number of aromatic nitrogens is 2. The first kappa shape index (κ1) is 11.9. The van der Waals surface area contributed by atoms with Crippen LogP contribution in [0.25, 0.3) is 0 Å². The minimum absolute atomic E-state index is 0.180. The van der Waals surface area contributed by atoms with Gasteiger partial charge in [-0.2, -0.15) is 5.10 Å². The van der Waals surface area contributed by atoms with Crippen LogP contribution < -0.4 is 5.73 Å². The molecule has 0 saturated carbocycles. The predicted molar refractivity (Wildman–Crippen MR) is 70.1 cm³/mol. The number of hydrogen-bond donors (Lipinski definition) is 2. The molecular formula is C14H19N3. The molecule has 3 heteroatoms. The normalized spacial score (nSPS) is 12.7. The number of rotatable bonds is 3. The predicted octanol–water partition coefficient (Wildman–Crippen LogP) is 2.43. The maximum absolute atomic E-state index is 5.91. The Morgan fingerprint density at radius 2 is 2.00 bits per heavy atom. The lowest BCUT2D eigenvalue weighted by molar-refractivity contribution is 0.772. The van der Waals surface area contributed by atoms with Crippen LogP contribution in [0.2, 0.25) is 0 Å². The third-order valence-electron chi connectivity index (χ3n) is 3.13. The van der Waals surface area contributed by atoms with Gasteiger partial charge in [0.2, 0.25) is 0 Å². The Hall–Kier alpha value is -1.61. The van der Waals surface area contributed by atoms with Crippen LogP contribution in [0.5, 0.6) is 0 Å². The van der Waals surface area contributed by atoms with E-state index in [9.17, 15) is 0 Å². The Labute approximate surface area is 102 Å². The standard InChI is InChI=1S/C14H19N3/c1-9-4-5-10(2)12(6-9)13(8-15)14-7-11(3)16-17-14/h4-7,13H,8,15H2,1-3H3,(H,16,17). The highest BCUT2D eigenvalue weighted by Gasteiger charge is 2.17. The first-order valence-electron chi connectivity index (χ1n) is 5.91. The summed E-state index contributed by atoms with van der Waals surface area (Å²) in [5, 5.41) is 7.31. The van der Waals surface area contributed by atoms with Gasteiger partial charge in [0.1, 0.15) is 0 Å². The van der Waals surface area contributed by atoms with E-state index in [0.29, 0.717) is 6.54 Å². The first-order chi connectivity index (χ1) is 8.11. The number of benzene rings is 1. The summed E-state index contributed by atoms with van der Waals surface area (Å²) < 4.78 is 0. The molecule has 0 amide bonds. The molecule has 90 valence electrons. The third kappa shape index (κ3) is 2.39. The Bertz CT molecular complexity index is 514. The molecule has 1 unspecified atom stereocenters. The van der Waals surface area contributed by atoms with Crippen molar-refractivity contribution in [2.45, 2.75) is 26.7 Å². The number of nitrogens with one attached hydrogen (secondary N) is 1. The Kier molecular flexibility index (Phi) is 3.29. The molecule has 17 heavy (non-hydrogen) atoms. The van der Waals surface area contributed by atoms with Crippen molar-refractivity contribution < 1.29 is 0 Å². The average Bonchev–Trinajstić information content (AvgIpc) is 2.71. The summed E-state index contributed by atoms with van der Waals surface area (Å²) in [5.41, 5.74) is 11.8. The molecular weight excluding hydrogens is 210 g/mol. The molecule has 0 aliphatic heterocycles. The summed E-state index contributed by atoms with van der Waals surface area (Å²) in [6.45, 7) is 6.81. The second kappa shape index (κ2) is 4.72. The van der Waals surface area contributed by atoms with Gasteiger partial charge >= 0.3 is 0 Å². The highest BCUT2D eigenvalue weighted by molar-refractivity contribution is 5.38. The number of aryl methyl sites for hydroxylation is 3. The highest BCUT2D eigenvalue weighted by atomic mass is 15.1. The molecule has 0 saturated heterocycles. The molecule has 0 aliphatic rings. The smallest absolute Gasteiger partial charge is 0.0712 e. The minimum Gasteiger partial charge on any atom is -0.329 e. The molecule has 3 nitrogen and oxygen atoms in total. The van der Waals surface area contributed by atoms with Crippen molar-refractivity contribution in [2.75, 3.05) is 6.54 Å². The quantitative estimate of drug-likeness (QED) is 0.849. The van der Waals surface area contributed by atoms with Crippen LogP contribution in [0.15, 0.2) is 24.3 Å². The monoisotopic (exact) mass is 229 g/mol. The van der Waals surface area contributed by atoms with E-state index in [1.165, 1.54) is 16.7 Å². The maximum atomic E-state index is 5.91. The van der Waals surface area contributed by atoms with Crippen LogP contribution in [-0.2, 0) is 0 Å². The van der Waals surface area contributed by atoms with Crippen molar-refractivity contribution in [3.05, 3.63) is 52.3 Å². The molecule has 0 fully saturated rings. The van der Waals surface area contributed by atoms with E-state index >= 15 is 0 Å². The lowest BCUT2D eigenvalue weighted by Gasteiger charge is -2.16. The van der Waals surface area contributed by atoms with Gasteiger partial charge in [0, 0.05) is 18.2 Å². The van der Waals surface area contributed by atoms with Crippen LogP contribution in [0, 0.1) is 20.8 Å². The molecule has 1 aromatic carbocycles. The summed E-state index contributed by atoms with van der Waals surface area (Å²) >= 11 is 0. The van der Waals surface area contributed by atoms with Gasteiger partial charge in [0.25, 0.3) is 0 Å². The third-order valence-corrected chi connectivity index (χ3v) is 3.13. The summed E-state index contributed by atoms with van der Waals surface area (Å²) in [6, 6.07) is 8.55. The average molecular weight is 229 g/mol. The van der Waals surface area contributed by atoms with Gasteiger partial charge in [0.05, 0.1) is 5.69 Å². The maximum Gasteiger partial charge on any atom is 0.0712 e. The molecule has 2 rings (SSSR count). The van der Waals surface area contributed by atoms with Crippen molar-refractivity contribution in [1.29, 1.82) is 0 Å². The Morgan fingerprint density at radius 1 is 1.24 bits per heavy atom. The molecule has 0 bridgehead atoms. The summed E-state index contributed by atoms with van der Waals surface area (Å²) in [6.07, 6.45) is 0. The lowest BCUT2D eigenvalue weighted by atomic mass is 9.91. The van der Waals surface area contributed by atoms with E-state index in [1.54, 1.807) is 0 Å². The second-order valence-corrected chi connectivity index (χ2v) is 4.62. The number of nitrogens with two attached hydrogens (primary N) is 1. The number of hydrogen-bond acceptors (Lipinski definition) is 2. The molecule has 0 spiro atoms. The molecule has 1 heterocycles. The largest absolute Gasteiger partial charge is 0.329 e. The Balaban J connectivity index is 2.45. The zero-order chi connectivity index (χ0) is 12.4. The summed E-state index contributed by atoms with van der Waals surface area (Å²) in [4.78, 5) is 0. The molecule has 0 radical (unpaired) electrons. The van der Waals surface area contributed by atoms with E-state index in [2.05, 4.69) is 48.3 Å². The molecule has 3 N–H and O–H groups in total. The van der Waals surface area contributed by atoms with Gasteiger partial charge in [-0.05, 0) is 38.0 Å². The SMILES string of the molecule is Cc1ccc(C)c(C(CN)c2cc(C)[nH]n2)c1. The van der Waals surface area contributed by atoms with Crippen LogP contribution in [-0.4, -0.2) is 16.7 Å². The lowest BCUT2D eigenvalue weighted by Crippen LogP contribution is -2.15. The second-order valence-electron chi connectivity index (χ2n) is 4.62. The van der Waals surface area contributed by atoms with Gasteiger partial charge in [-0.15, -0.1) is 0 Å². The van der Waals surface area contributed by atoms with Crippen molar-refractivity contribution in [2.24, 2.45) is 5.73 Å². The van der Waals surface area contributed by atoms with Gasteiger partial charge in [0.15, 0.2) is 0 Å². The van der Waals surface area contributed by atoms with E-state index in [4.69, 9.17) is 5.73 Å². The zero-order valence-electron chi connectivity index (χ0n) is 10.6. The van der Waals surface area contributed by atoms with Crippen molar-refractivity contribution >= 4 is 0 Å². The van der Waals surface area contributed by atoms with E-state index in [1.807, 2.05) is 6.92 Å². The first-order valence-corrected chi connectivity index (χ1v) is 5.91. The topological polar surface area (TPSA) is 54.7 Å². The summed E-state index contributed by atoms with van der Waals surface area (Å²) in [7, 11) is 0. The van der Waals surface area contributed by atoms with Crippen molar-refractivity contribution in [3.63, 3.8) is 0 Å². The van der Waals surface area contributed by atoms with Gasteiger partial charge in [-0.1, -0.05) is 23.8 Å². The van der Waals surface area contributed by atoms with Gasteiger partial charge in [-0.25, -0.2) is 0 Å². The van der Waals surface area contributed by atoms with Crippen LogP contribution >= 0.6 is 0 Å². The fraction of sp³-hybridized carbons (Fsp3) is 0.357. The van der Waals surface area contributed by atoms with Crippen LogP contribution in [0.1, 0.15) is 34.0 Å². The van der Waals surface area contributed by atoms with Gasteiger partial charge < -0.3 is 5.73 Å². The summed E-state index contributed by atoms with van der Waals surface area (Å²) in [5.74, 6) is 0.180. The fourth-order valence-corrected chi connectivity index (χ4v) is 2.16. The van der Waals surface area contributed by atoms with Crippen LogP contribution in [0.3, 0.4) is 0 Å². The highest BCUT2D eigenvalue weighted by Crippen LogP contribution is 2.26. The Morgan fingerprint density at radius 3 is 2.59 bits per heavy atom. The van der Waals surface area contributed by atoms with E-state index in [-0.39, 0.29) is 5.92 Å². The molecule has 2 aromatic rings. The number of H-pyrrole nitrogens is 1. The van der Waals surface area contributed by atoms with E-state index in [0.717, 1.165) is 11.4 Å². The van der Waals surface area contributed by atoms with Crippen molar-refractivity contribution in [1.82, 2.24) is 10.2 Å². The number of aromatic amines is 1. The molecule has 1 aromatic heterocycles. The number of nitrogens with zero attached hydrogens (tertiary/aromatic N) is 1.